The Hall–Kier alpha value is -2.33. The number of halogens is 1. The van der Waals surface area contributed by atoms with E-state index in [-0.39, 0.29) is 0 Å². The molecule has 21 heavy (non-hydrogen) atoms. The molecule has 0 radical (unpaired) electrons. The zero-order valence-electron chi connectivity index (χ0n) is 11.4. The first-order valence-corrected chi connectivity index (χ1v) is 6.97. The molecule has 4 nitrogen and oxygen atoms in total. The van der Waals surface area contributed by atoms with Gasteiger partial charge >= 0.3 is 5.97 Å². The molecule has 0 bridgehead atoms. The third kappa shape index (κ3) is 2.76. The number of esters is 1. The maximum Gasteiger partial charge on any atom is 0.358 e. The summed E-state index contributed by atoms with van der Waals surface area (Å²) in [5.41, 5.74) is 3.01. The van der Waals surface area contributed by atoms with Crippen LogP contribution in [0.2, 0.25) is 5.02 Å². The molecule has 1 aromatic carbocycles. The second kappa shape index (κ2) is 5.58. The predicted octanol–water partition coefficient (Wildman–Crippen LogP) is 3.83. The highest BCUT2D eigenvalue weighted by atomic mass is 35.5. The molecule has 0 atom stereocenters. The van der Waals surface area contributed by atoms with Crippen LogP contribution in [0.5, 0.6) is 0 Å². The fraction of sp³-hybridized carbons (Fsp3) is 0.125. The maximum absolute atomic E-state index is 11.7. The second-order valence-electron chi connectivity index (χ2n) is 4.54. The van der Waals surface area contributed by atoms with Crippen molar-refractivity contribution in [1.82, 2.24) is 9.38 Å². The van der Waals surface area contributed by atoms with Gasteiger partial charge in [-0.3, -0.25) is 0 Å². The summed E-state index contributed by atoms with van der Waals surface area (Å²) in [4.78, 5) is 15.9. The first-order valence-electron chi connectivity index (χ1n) is 6.59. The molecule has 0 fully saturated rings. The summed E-state index contributed by atoms with van der Waals surface area (Å²) >= 11 is 6.01. The summed E-state index contributed by atoms with van der Waals surface area (Å²) in [5, 5.41) is 0.686. The number of nitrogens with zero attached hydrogens (tertiary/aromatic N) is 2. The van der Waals surface area contributed by atoms with E-state index in [0.717, 1.165) is 11.1 Å². The van der Waals surface area contributed by atoms with Crippen LogP contribution in [0.25, 0.3) is 16.8 Å². The van der Waals surface area contributed by atoms with Crippen LogP contribution in [0.4, 0.5) is 0 Å². The number of benzene rings is 1. The molecule has 0 amide bonds. The molecule has 0 saturated carbocycles. The maximum atomic E-state index is 11.7. The number of pyridine rings is 1. The van der Waals surface area contributed by atoms with Crippen molar-refractivity contribution >= 4 is 23.2 Å². The van der Waals surface area contributed by atoms with Crippen LogP contribution in [0.1, 0.15) is 17.4 Å². The van der Waals surface area contributed by atoms with Gasteiger partial charge in [0.25, 0.3) is 0 Å². The van der Waals surface area contributed by atoms with Gasteiger partial charge in [-0.25, -0.2) is 9.78 Å². The molecule has 0 aliphatic heterocycles. The van der Waals surface area contributed by atoms with Crippen molar-refractivity contribution < 1.29 is 9.53 Å². The topological polar surface area (TPSA) is 43.6 Å². The lowest BCUT2D eigenvalue weighted by Gasteiger charge is -2.03. The zero-order chi connectivity index (χ0) is 14.8. The summed E-state index contributed by atoms with van der Waals surface area (Å²) in [6.45, 7) is 2.10. The molecular weight excluding hydrogens is 288 g/mol. The van der Waals surface area contributed by atoms with Crippen LogP contribution in [-0.2, 0) is 4.74 Å². The molecule has 0 aliphatic carbocycles. The summed E-state index contributed by atoms with van der Waals surface area (Å²) in [6, 6.07) is 11.4. The lowest BCUT2D eigenvalue weighted by Crippen LogP contribution is -2.04. The second-order valence-corrected chi connectivity index (χ2v) is 4.98. The van der Waals surface area contributed by atoms with Crippen molar-refractivity contribution in [2.45, 2.75) is 6.92 Å². The lowest BCUT2D eigenvalue weighted by molar-refractivity contribution is 0.0520. The van der Waals surface area contributed by atoms with E-state index in [0.29, 0.717) is 23.0 Å². The highest BCUT2D eigenvalue weighted by Gasteiger charge is 2.11. The van der Waals surface area contributed by atoms with Crippen molar-refractivity contribution in [2.24, 2.45) is 0 Å². The molecule has 2 aromatic heterocycles. The van der Waals surface area contributed by atoms with Crippen LogP contribution in [0.15, 0.2) is 48.8 Å². The minimum absolute atomic E-state index is 0.306. The van der Waals surface area contributed by atoms with E-state index < -0.39 is 5.97 Å². The number of hydrogen-bond donors (Lipinski definition) is 0. The molecule has 3 rings (SSSR count). The van der Waals surface area contributed by atoms with Crippen molar-refractivity contribution in [3.8, 4) is 11.1 Å². The average Bonchev–Trinajstić information content (AvgIpc) is 2.90. The first-order chi connectivity index (χ1) is 10.2. The molecule has 0 N–H and O–H groups in total. The Bertz CT molecular complexity index is 811. The van der Waals surface area contributed by atoms with Crippen molar-refractivity contribution in [1.29, 1.82) is 0 Å². The van der Waals surface area contributed by atoms with Crippen LogP contribution in [0.3, 0.4) is 0 Å². The Labute approximate surface area is 126 Å². The Kier molecular flexibility index (Phi) is 3.62. The molecule has 0 spiro atoms. The Balaban J connectivity index is 2.02. The van der Waals surface area contributed by atoms with E-state index in [4.69, 9.17) is 16.3 Å². The van der Waals surface area contributed by atoms with Crippen molar-refractivity contribution in [3.05, 3.63) is 59.5 Å². The summed E-state index contributed by atoms with van der Waals surface area (Å²) in [7, 11) is 0. The Morgan fingerprint density at radius 2 is 2.10 bits per heavy atom. The molecular formula is C16H13ClN2O2. The third-order valence-corrected chi connectivity index (χ3v) is 3.33. The largest absolute Gasteiger partial charge is 0.461 e. The highest BCUT2D eigenvalue weighted by molar-refractivity contribution is 6.30. The summed E-state index contributed by atoms with van der Waals surface area (Å²) in [5.74, 6) is -0.412. The van der Waals surface area contributed by atoms with E-state index in [1.807, 2.05) is 47.0 Å². The van der Waals surface area contributed by atoms with E-state index in [1.54, 1.807) is 13.1 Å². The highest BCUT2D eigenvalue weighted by Crippen LogP contribution is 2.23. The van der Waals surface area contributed by atoms with Gasteiger partial charge in [0, 0.05) is 17.4 Å². The monoisotopic (exact) mass is 300 g/mol. The summed E-state index contributed by atoms with van der Waals surface area (Å²) < 4.78 is 6.76. The molecule has 3 aromatic rings. The molecule has 2 heterocycles. The fourth-order valence-corrected chi connectivity index (χ4v) is 2.32. The standard InChI is InChI=1S/C16H13ClN2O2/c1-2-21-16(20)14-10-19-9-12(6-7-15(19)18-14)11-4-3-5-13(17)8-11/h3-10H,2H2,1H3. The van der Waals surface area contributed by atoms with E-state index >= 15 is 0 Å². The molecule has 0 aliphatic rings. The van der Waals surface area contributed by atoms with E-state index in [1.165, 1.54) is 0 Å². The number of hydrogen-bond acceptors (Lipinski definition) is 3. The van der Waals surface area contributed by atoms with E-state index in [2.05, 4.69) is 4.98 Å². The lowest BCUT2D eigenvalue weighted by atomic mass is 10.1. The van der Waals surface area contributed by atoms with Crippen LogP contribution < -0.4 is 0 Å². The molecule has 0 unspecified atom stereocenters. The number of ether oxygens (including phenoxy) is 1. The van der Waals surface area contributed by atoms with Crippen molar-refractivity contribution in [2.75, 3.05) is 6.61 Å². The number of aromatic nitrogens is 2. The fourth-order valence-electron chi connectivity index (χ4n) is 2.13. The van der Waals surface area contributed by atoms with Crippen molar-refractivity contribution in [3.63, 3.8) is 0 Å². The first kappa shape index (κ1) is 13.6. The van der Waals surface area contributed by atoms with Crippen LogP contribution >= 0.6 is 11.6 Å². The van der Waals surface area contributed by atoms with Gasteiger partial charge in [-0.1, -0.05) is 23.7 Å². The van der Waals surface area contributed by atoms with Gasteiger partial charge in [-0.2, -0.15) is 0 Å². The SMILES string of the molecule is CCOC(=O)c1cn2cc(-c3cccc(Cl)c3)ccc2n1. The van der Waals surface area contributed by atoms with Gasteiger partial charge in [0.15, 0.2) is 5.69 Å². The average molecular weight is 301 g/mol. The number of carbonyl (C=O) groups is 1. The molecule has 106 valence electrons. The van der Waals surface area contributed by atoms with Gasteiger partial charge in [0.2, 0.25) is 0 Å². The van der Waals surface area contributed by atoms with Gasteiger partial charge in [-0.15, -0.1) is 0 Å². The zero-order valence-corrected chi connectivity index (χ0v) is 12.2. The van der Waals surface area contributed by atoms with Crippen LogP contribution in [0, 0.1) is 0 Å². The van der Waals surface area contributed by atoms with Gasteiger partial charge in [-0.05, 0) is 42.3 Å². The molecule has 5 heteroatoms. The van der Waals surface area contributed by atoms with Gasteiger partial charge in [0.1, 0.15) is 5.65 Å². The number of imidazole rings is 1. The van der Waals surface area contributed by atoms with Gasteiger partial charge in [0.05, 0.1) is 6.61 Å². The number of rotatable bonds is 3. The number of carbonyl (C=O) groups excluding carboxylic acids is 1. The molecule has 0 saturated heterocycles. The Morgan fingerprint density at radius 1 is 1.24 bits per heavy atom. The van der Waals surface area contributed by atoms with Crippen LogP contribution in [-0.4, -0.2) is 22.0 Å². The smallest absolute Gasteiger partial charge is 0.358 e. The summed E-state index contributed by atoms with van der Waals surface area (Å²) in [6.07, 6.45) is 3.58. The van der Waals surface area contributed by atoms with Gasteiger partial charge < -0.3 is 9.14 Å². The predicted molar refractivity (Wildman–Crippen MR) is 81.6 cm³/mol. The quantitative estimate of drug-likeness (QED) is 0.690. The minimum Gasteiger partial charge on any atom is -0.461 e. The number of fused-ring (bicyclic) bond motifs is 1. The minimum atomic E-state index is -0.412. The Morgan fingerprint density at radius 3 is 2.86 bits per heavy atom. The normalized spacial score (nSPS) is 10.8. The third-order valence-electron chi connectivity index (χ3n) is 3.09. The van der Waals surface area contributed by atoms with E-state index in [9.17, 15) is 4.79 Å².